The van der Waals surface area contributed by atoms with Gasteiger partial charge in [0.05, 0.1) is 0 Å². The molecule has 0 aromatic carbocycles. The third-order valence-electron chi connectivity index (χ3n) is 1.12. The molecule has 0 aromatic heterocycles. The molecule has 1 atom stereocenters. The SMILES string of the molecule is O=C([O-])CC(F)C(F)(F)C(F)(F)F. The van der Waals surface area contributed by atoms with Gasteiger partial charge in [-0.2, -0.15) is 22.0 Å². The van der Waals surface area contributed by atoms with Crippen LogP contribution in [-0.2, 0) is 4.79 Å². The maximum Gasteiger partial charge on any atom is 0.456 e. The first-order valence-corrected chi connectivity index (χ1v) is 2.87. The Balaban J connectivity index is 4.54. The molecule has 13 heavy (non-hydrogen) atoms. The van der Waals surface area contributed by atoms with Crippen LogP contribution in [0.3, 0.4) is 0 Å². The van der Waals surface area contributed by atoms with Crippen LogP contribution in [0.1, 0.15) is 6.42 Å². The molecule has 0 aliphatic carbocycles. The lowest BCUT2D eigenvalue weighted by atomic mass is 10.1. The molecule has 0 radical (unpaired) electrons. The zero-order valence-corrected chi connectivity index (χ0v) is 5.87. The van der Waals surface area contributed by atoms with Crippen LogP contribution in [0, 0.1) is 0 Å². The number of aliphatic carboxylic acids is 1. The number of carbonyl (C=O) groups excluding carboxylic acids is 1. The largest absolute Gasteiger partial charge is 0.550 e. The van der Waals surface area contributed by atoms with Gasteiger partial charge in [-0.25, -0.2) is 4.39 Å². The van der Waals surface area contributed by atoms with E-state index in [9.17, 15) is 36.2 Å². The molecule has 0 saturated carbocycles. The van der Waals surface area contributed by atoms with E-state index in [1.54, 1.807) is 0 Å². The molecule has 0 saturated heterocycles. The number of hydrogen-bond donors (Lipinski definition) is 0. The van der Waals surface area contributed by atoms with Gasteiger partial charge in [0.25, 0.3) is 0 Å². The maximum absolute atomic E-state index is 12.0. The molecule has 78 valence electrons. The summed E-state index contributed by atoms with van der Waals surface area (Å²) in [5, 5.41) is 9.53. The second kappa shape index (κ2) is 3.43. The lowest BCUT2D eigenvalue weighted by Crippen LogP contribution is -2.47. The van der Waals surface area contributed by atoms with Gasteiger partial charge >= 0.3 is 12.1 Å². The Morgan fingerprint density at radius 2 is 1.62 bits per heavy atom. The average molecular weight is 209 g/mol. The summed E-state index contributed by atoms with van der Waals surface area (Å²) in [6.07, 6.45) is -11.9. The number of carboxylic acids is 1. The smallest absolute Gasteiger partial charge is 0.456 e. The van der Waals surface area contributed by atoms with Gasteiger partial charge in [0.15, 0.2) is 6.17 Å². The summed E-state index contributed by atoms with van der Waals surface area (Å²) in [5.74, 6) is -7.97. The van der Waals surface area contributed by atoms with E-state index in [1.165, 1.54) is 0 Å². The van der Waals surface area contributed by atoms with Gasteiger partial charge in [0.2, 0.25) is 0 Å². The third kappa shape index (κ3) is 2.78. The van der Waals surface area contributed by atoms with Crippen molar-refractivity contribution in [3.05, 3.63) is 0 Å². The van der Waals surface area contributed by atoms with Crippen LogP contribution in [0.15, 0.2) is 0 Å². The van der Waals surface area contributed by atoms with Crippen molar-refractivity contribution in [1.29, 1.82) is 0 Å². The first-order valence-electron chi connectivity index (χ1n) is 2.87. The highest BCUT2D eigenvalue weighted by molar-refractivity contribution is 5.65. The van der Waals surface area contributed by atoms with Crippen molar-refractivity contribution in [1.82, 2.24) is 0 Å². The second-order valence-corrected chi connectivity index (χ2v) is 2.16. The molecule has 8 heteroatoms. The van der Waals surface area contributed by atoms with Crippen LogP contribution in [0.4, 0.5) is 26.3 Å². The topological polar surface area (TPSA) is 40.1 Å². The van der Waals surface area contributed by atoms with E-state index in [0.29, 0.717) is 0 Å². The molecule has 0 aliphatic rings. The lowest BCUT2D eigenvalue weighted by Gasteiger charge is -2.23. The van der Waals surface area contributed by atoms with Crippen LogP contribution in [-0.4, -0.2) is 24.2 Å². The molecule has 0 fully saturated rings. The summed E-state index contributed by atoms with van der Waals surface area (Å²) in [6, 6.07) is 0. The van der Waals surface area contributed by atoms with E-state index >= 15 is 0 Å². The maximum atomic E-state index is 12.0. The molecule has 2 nitrogen and oxygen atoms in total. The summed E-state index contributed by atoms with van der Waals surface area (Å²) in [4.78, 5) is 9.53. The van der Waals surface area contributed by atoms with Crippen LogP contribution < -0.4 is 5.11 Å². The number of carbonyl (C=O) groups is 1. The third-order valence-corrected chi connectivity index (χ3v) is 1.12. The van der Waals surface area contributed by atoms with E-state index in [4.69, 9.17) is 0 Å². The predicted molar refractivity (Wildman–Crippen MR) is 25.5 cm³/mol. The zero-order valence-electron chi connectivity index (χ0n) is 5.87. The second-order valence-electron chi connectivity index (χ2n) is 2.16. The fourth-order valence-corrected chi connectivity index (χ4v) is 0.452. The van der Waals surface area contributed by atoms with Crippen molar-refractivity contribution in [3.63, 3.8) is 0 Å². The van der Waals surface area contributed by atoms with Gasteiger partial charge < -0.3 is 9.90 Å². The Hall–Kier alpha value is -0.950. The Morgan fingerprint density at radius 3 is 1.85 bits per heavy atom. The monoisotopic (exact) mass is 209 g/mol. The van der Waals surface area contributed by atoms with E-state index in [1.807, 2.05) is 0 Å². The van der Waals surface area contributed by atoms with Gasteiger partial charge in [-0.05, 0) is 0 Å². The van der Waals surface area contributed by atoms with Crippen molar-refractivity contribution in [2.45, 2.75) is 24.7 Å². The highest BCUT2D eigenvalue weighted by Gasteiger charge is 2.62. The number of rotatable bonds is 3. The summed E-state index contributed by atoms with van der Waals surface area (Å²) in [5.41, 5.74) is 0. The highest BCUT2D eigenvalue weighted by Crippen LogP contribution is 2.40. The van der Waals surface area contributed by atoms with Gasteiger partial charge in [-0.15, -0.1) is 0 Å². The summed E-state index contributed by atoms with van der Waals surface area (Å²) in [6.45, 7) is 0. The molecule has 1 unspecified atom stereocenters. The van der Waals surface area contributed by atoms with E-state index in [0.717, 1.165) is 0 Å². The van der Waals surface area contributed by atoms with E-state index in [2.05, 4.69) is 0 Å². The summed E-state index contributed by atoms with van der Waals surface area (Å²) < 4.78 is 69.8. The number of carboxylic acid groups (broad SMARTS) is 1. The molecule has 0 rings (SSSR count). The van der Waals surface area contributed by atoms with E-state index in [-0.39, 0.29) is 0 Å². The zero-order chi connectivity index (χ0) is 10.9. The lowest BCUT2D eigenvalue weighted by molar-refractivity contribution is -0.322. The van der Waals surface area contributed by atoms with Gasteiger partial charge in [0.1, 0.15) is 0 Å². The molecular weight excluding hydrogens is 206 g/mol. The number of hydrogen-bond acceptors (Lipinski definition) is 2. The van der Waals surface area contributed by atoms with Crippen LogP contribution in [0.5, 0.6) is 0 Å². The van der Waals surface area contributed by atoms with Crippen molar-refractivity contribution in [2.24, 2.45) is 0 Å². The van der Waals surface area contributed by atoms with Crippen molar-refractivity contribution in [3.8, 4) is 0 Å². The molecular formula is C5H3F6O2-. The molecule has 0 aliphatic heterocycles. The highest BCUT2D eigenvalue weighted by atomic mass is 19.4. The minimum atomic E-state index is -6.10. The van der Waals surface area contributed by atoms with Crippen LogP contribution in [0.2, 0.25) is 0 Å². The van der Waals surface area contributed by atoms with Gasteiger partial charge in [-0.3, -0.25) is 0 Å². The Morgan fingerprint density at radius 1 is 1.23 bits per heavy atom. The Bertz CT molecular complexity index is 198. The fraction of sp³-hybridized carbons (Fsp3) is 0.800. The minimum absolute atomic E-state index is 1.99. The Labute approximate surface area is 68.1 Å². The van der Waals surface area contributed by atoms with Crippen molar-refractivity contribution < 1.29 is 36.2 Å². The van der Waals surface area contributed by atoms with Crippen molar-refractivity contribution in [2.75, 3.05) is 0 Å². The fourth-order valence-electron chi connectivity index (χ4n) is 0.452. The molecule has 0 heterocycles. The minimum Gasteiger partial charge on any atom is -0.550 e. The van der Waals surface area contributed by atoms with E-state index < -0.39 is 30.7 Å². The first-order chi connectivity index (χ1) is 5.59. The van der Waals surface area contributed by atoms with Crippen LogP contribution >= 0.6 is 0 Å². The summed E-state index contributed by atoms with van der Waals surface area (Å²) in [7, 11) is 0. The predicted octanol–water partition coefficient (Wildman–Crippen LogP) is 0.662. The molecule has 0 spiro atoms. The van der Waals surface area contributed by atoms with Crippen LogP contribution in [0.25, 0.3) is 0 Å². The summed E-state index contributed by atoms with van der Waals surface area (Å²) >= 11 is 0. The molecule has 0 bridgehead atoms. The van der Waals surface area contributed by atoms with Crippen molar-refractivity contribution >= 4 is 5.97 Å². The average Bonchev–Trinajstić information content (AvgIpc) is 1.82. The standard InChI is InChI=1S/C5H4F6O2/c6-2(1-3(12)13)4(7,8)5(9,10)11/h2H,1H2,(H,12,13)/p-1. The first kappa shape index (κ1) is 12.0. The quantitative estimate of drug-likeness (QED) is 0.640. The normalized spacial score (nSPS) is 15.5. The van der Waals surface area contributed by atoms with Gasteiger partial charge in [0, 0.05) is 12.4 Å². The number of alkyl halides is 6. The Kier molecular flexibility index (Phi) is 3.18. The molecule has 0 N–H and O–H groups in total. The van der Waals surface area contributed by atoms with Gasteiger partial charge in [-0.1, -0.05) is 0 Å². The molecule has 0 amide bonds. The number of halogens is 6. The molecule has 0 aromatic rings.